The van der Waals surface area contributed by atoms with Crippen molar-refractivity contribution >= 4 is 16.0 Å². The lowest BCUT2D eigenvalue weighted by Gasteiger charge is -2.20. The molecule has 0 aliphatic carbocycles. The molecule has 8 nitrogen and oxygen atoms in total. The molecular formula is C15H26N6O2S. The number of nitrogens with two attached hydrogens (primary N) is 1. The zero-order chi connectivity index (χ0) is 17.4. The Morgan fingerprint density at radius 1 is 1.50 bits per heavy atom. The van der Waals surface area contributed by atoms with E-state index >= 15 is 0 Å². The number of rotatable bonds is 8. The number of nitrogens with one attached hydrogen (secondary N) is 2. The first kappa shape index (κ1) is 18.6. The van der Waals surface area contributed by atoms with Crippen molar-refractivity contribution in [2.75, 3.05) is 32.7 Å². The molecule has 0 spiro atoms. The summed E-state index contributed by atoms with van der Waals surface area (Å²) in [6.45, 7) is 5.57. The third kappa shape index (κ3) is 5.43. The first-order valence-electron chi connectivity index (χ1n) is 8.20. The number of sulfonamides is 1. The minimum absolute atomic E-state index is 0.146. The van der Waals surface area contributed by atoms with Crippen LogP contribution in [0.25, 0.3) is 0 Å². The molecule has 0 radical (unpaired) electrons. The van der Waals surface area contributed by atoms with E-state index in [9.17, 15) is 8.42 Å². The molecule has 24 heavy (non-hydrogen) atoms. The molecule has 0 bridgehead atoms. The number of nitrogens with zero attached hydrogens (tertiary/aromatic N) is 3. The number of likely N-dealkylation sites (N-methyl/N-ethyl adjacent to an activating group) is 1. The van der Waals surface area contributed by atoms with E-state index in [0.29, 0.717) is 25.1 Å². The van der Waals surface area contributed by atoms with E-state index in [-0.39, 0.29) is 11.4 Å². The van der Waals surface area contributed by atoms with Gasteiger partial charge in [0.15, 0.2) is 5.96 Å². The van der Waals surface area contributed by atoms with Gasteiger partial charge in [-0.15, -0.1) is 0 Å². The maximum Gasteiger partial charge on any atom is 0.242 e. The van der Waals surface area contributed by atoms with E-state index in [1.807, 2.05) is 0 Å². The molecule has 1 unspecified atom stereocenters. The fourth-order valence-corrected chi connectivity index (χ4v) is 3.74. The van der Waals surface area contributed by atoms with Gasteiger partial charge in [0.05, 0.1) is 6.54 Å². The average molecular weight is 354 g/mol. The third-order valence-electron chi connectivity index (χ3n) is 4.05. The molecule has 134 valence electrons. The highest BCUT2D eigenvalue weighted by molar-refractivity contribution is 7.89. The Bertz CT molecular complexity index is 635. The molecule has 1 aliphatic rings. The molecule has 0 aromatic carbocycles. The molecule has 1 atom stereocenters. The van der Waals surface area contributed by atoms with Gasteiger partial charge in [0.25, 0.3) is 0 Å². The van der Waals surface area contributed by atoms with Gasteiger partial charge in [0.2, 0.25) is 10.0 Å². The summed E-state index contributed by atoms with van der Waals surface area (Å²) in [6, 6.07) is 3.54. The van der Waals surface area contributed by atoms with Crippen molar-refractivity contribution < 1.29 is 8.42 Å². The van der Waals surface area contributed by atoms with Crippen LogP contribution in [0.4, 0.5) is 0 Å². The van der Waals surface area contributed by atoms with Crippen LogP contribution in [0.1, 0.15) is 19.8 Å². The average Bonchev–Trinajstić information content (AvgIpc) is 3.05. The van der Waals surface area contributed by atoms with Crippen LogP contribution in [0.2, 0.25) is 0 Å². The predicted molar refractivity (Wildman–Crippen MR) is 94.2 cm³/mol. The first-order chi connectivity index (χ1) is 11.5. The maximum absolute atomic E-state index is 12.0. The van der Waals surface area contributed by atoms with Crippen molar-refractivity contribution in [3.63, 3.8) is 0 Å². The molecule has 1 fully saturated rings. The van der Waals surface area contributed by atoms with Gasteiger partial charge in [0.1, 0.15) is 4.90 Å². The lowest BCUT2D eigenvalue weighted by Crippen LogP contribution is -2.39. The number of pyridine rings is 1. The predicted octanol–water partition coefficient (Wildman–Crippen LogP) is -0.251. The highest BCUT2D eigenvalue weighted by Crippen LogP contribution is 2.16. The largest absolute Gasteiger partial charge is 0.370 e. The zero-order valence-corrected chi connectivity index (χ0v) is 14.8. The van der Waals surface area contributed by atoms with Crippen molar-refractivity contribution in [1.82, 2.24) is 19.9 Å². The van der Waals surface area contributed by atoms with Gasteiger partial charge in [0, 0.05) is 31.5 Å². The highest BCUT2D eigenvalue weighted by atomic mass is 32.2. The summed E-state index contributed by atoms with van der Waals surface area (Å²) in [5, 5.41) is 2.93. The lowest BCUT2D eigenvalue weighted by atomic mass is 10.2. The maximum atomic E-state index is 12.0. The fraction of sp³-hybridized carbons (Fsp3) is 0.600. The summed E-state index contributed by atoms with van der Waals surface area (Å²) in [6.07, 6.45) is 5.20. The quantitative estimate of drug-likeness (QED) is 0.337. The molecule has 0 saturated carbocycles. The third-order valence-corrected chi connectivity index (χ3v) is 5.49. The van der Waals surface area contributed by atoms with Crippen LogP contribution in [0.5, 0.6) is 0 Å². The normalized spacial score (nSPS) is 19.5. The van der Waals surface area contributed by atoms with Gasteiger partial charge < -0.3 is 11.1 Å². The topological polar surface area (TPSA) is 113 Å². The van der Waals surface area contributed by atoms with E-state index in [4.69, 9.17) is 5.73 Å². The summed E-state index contributed by atoms with van der Waals surface area (Å²) < 4.78 is 26.5. The lowest BCUT2D eigenvalue weighted by molar-refractivity contribution is 0.273. The summed E-state index contributed by atoms with van der Waals surface area (Å²) in [5.41, 5.74) is 5.83. The molecule has 9 heteroatoms. The number of aromatic nitrogens is 1. The fourth-order valence-electron chi connectivity index (χ4n) is 2.74. The minimum Gasteiger partial charge on any atom is -0.370 e. The van der Waals surface area contributed by atoms with E-state index in [1.165, 1.54) is 24.9 Å². The second kappa shape index (κ2) is 8.95. The van der Waals surface area contributed by atoms with E-state index < -0.39 is 10.0 Å². The second-order valence-corrected chi connectivity index (χ2v) is 7.43. The van der Waals surface area contributed by atoms with Crippen LogP contribution < -0.4 is 15.8 Å². The molecule has 2 rings (SSSR count). The van der Waals surface area contributed by atoms with Crippen molar-refractivity contribution in [3.05, 3.63) is 24.5 Å². The van der Waals surface area contributed by atoms with Crippen LogP contribution in [-0.2, 0) is 10.0 Å². The van der Waals surface area contributed by atoms with Crippen LogP contribution in [0.3, 0.4) is 0 Å². The summed E-state index contributed by atoms with van der Waals surface area (Å²) >= 11 is 0. The Labute approximate surface area is 143 Å². The number of guanidine groups is 1. The van der Waals surface area contributed by atoms with Crippen molar-refractivity contribution in [2.45, 2.75) is 30.7 Å². The Hall–Kier alpha value is -1.71. The van der Waals surface area contributed by atoms with Crippen LogP contribution in [0, 0.1) is 0 Å². The van der Waals surface area contributed by atoms with Gasteiger partial charge in [-0.25, -0.2) is 13.1 Å². The Kier molecular flexibility index (Phi) is 6.95. The molecule has 2 heterocycles. The highest BCUT2D eigenvalue weighted by Gasteiger charge is 2.22. The van der Waals surface area contributed by atoms with Gasteiger partial charge >= 0.3 is 0 Å². The standard InChI is InChI=1S/C15H26N6O2S/c1-2-21-10-4-5-13(21)11-19-15(16)18-8-9-20-24(22,23)14-6-3-7-17-12-14/h3,6-7,12-13,20H,2,4-5,8-11H2,1H3,(H3,16,18,19). The van der Waals surface area contributed by atoms with Crippen molar-refractivity contribution in [3.8, 4) is 0 Å². The minimum atomic E-state index is -3.53. The number of aliphatic imine (C=N–C) groups is 1. The smallest absolute Gasteiger partial charge is 0.242 e. The molecule has 1 aromatic heterocycles. The molecule has 0 amide bonds. The number of likely N-dealkylation sites (tertiary alicyclic amines) is 1. The van der Waals surface area contributed by atoms with Crippen LogP contribution in [0.15, 0.2) is 34.4 Å². The molecule has 4 N–H and O–H groups in total. The molecule has 1 aromatic rings. The molecule has 1 saturated heterocycles. The number of hydrogen-bond acceptors (Lipinski definition) is 5. The number of hydrogen-bond donors (Lipinski definition) is 3. The van der Waals surface area contributed by atoms with Crippen molar-refractivity contribution in [2.24, 2.45) is 10.7 Å². The summed E-state index contributed by atoms with van der Waals surface area (Å²) in [4.78, 5) is 10.7. The Morgan fingerprint density at radius 2 is 2.33 bits per heavy atom. The van der Waals surface area contributed by atoms with Gasteiger partial charge in [-0.3, -0.25) is 14.9 Å². The Morgan fingerprint density at radius 3 is 3.04 bits per heavy atom. The van der Waals surface area contributed by atoms with E-state index in [1.54, 1.807) is 6.07 Å². The van der Waals surface area contributed by atoms with Crippen LogP contribution >= 0.6 is 0 Å². The zero-order valence-electron chi connectivity index (χ0n) is 14.0. The van der Waals surface area contributed by atoms with Gasteiger partial charge in [-0.1, -0.05) is 6.92 Å². The SMILES string of the molecule is CCN1CCCC1CN=C(N)NCCNS(=O)(=O)c1cccnc1. The Balaban J connectivity index is 1.71. The first-order valence-corrected chi connectivity index (χ1v) is 9.69. The van der Waals surface area contributed by atoms with E-state index in [0.717, 1.165) is 19.5 Å². The molecule has 1 aliphatic heterocycles. The second-order valence-electron chi connectivity index (χ2n) is 5.66. The summed E-state index contributed by atoms with van der Waals surface area (Å²) in [5.74, 6) is 0.346. The van der Waals surface area contributed by atoms with E-state index in [2.05, 4.69) is 31.8 Å². The van der Waals surface area contributed by atoms with Crippen LogP contribution in [-0.4, -0.2) is 63.0 Å². The molecular weight excluding hydrogens is 328 g/mol. The summed E-state index contributed by atoms with van der Waals surface area (Å²) in [7, 11) is -3.53. The van der Waals surface area contributed by atoms with Gasteiger partial charge in [-0.2, -0.15) is 0 Å². The van der Waals surface area contributed by atoms with Crippen molar-refractivity contribution in [1.29, 1.82) is 0 Å². The monoisotopic (exact) mass is 354 g/mol. The van der Waals surface area contributed by atoms with Gasteiger partial charge in [-0.05, 0) is 38.1 Å².